The fraction of sp³-hybridized carbons (Fsp3) is 0.278. The van der Waals surface area contributed by atoms with Crippen LogP contribution in [-0.4, -0.2) is 20.5 Å². The topological polar surface area (TPSA) is 35.5 Å². The summed E-state index contributed by atoms with van der Waals surface area (Å²) >= 11 is 0. The predicted molar refractivity (Wildman–Crippen MR) is 86.1 cm³/mol. The second kappa shape index (κ2) is 6.44. The summed E-state index contributed by atoms with van der Waals surface area (Å²) in [6, 6.07) is 7.98. The molecule has 0 heterocycles. The Balaban J connectivity index is 2.76. The highest BCUT2D eigenvalue weighted by Crippen LogP contribution is 2.40. The Morgan fingerprint density at radius 1 is 1.05 bits per heavy atom. The smallest absolute Gasteiger partial charge is 0.134 e. The molecule has 0 amide bonds. The zero-order valence-corrected chi connectivity index (χ0v) is 12.8. The third kappa shape index (κ3) is 2.77. The van der Waals surface area contributed by atoms with Crippen LogP contribution in [0.4, 0.5) is 0 Å². The molecule has 0 aliphatic heterocycles. The third-order valence-corrected chi connectivity index (χ3v) is 3.59. The molecule has 110 valence electrons. The zero-order chi connectivity index (χ0) is 15.4. The monoisotopic (exact) mass is 284 g/mol. The molecule has 3 nitrogen and oxygen atoms in total. The van der Waals surface area contributed by atoms with Gasteiger partial charge in [-0.2, -0.15) is 0 Å². The predicted octanol–water partition coefficient (Wildman–Crippen LogP) is 4.01. The molecule has 2 rings (SSSR count). The van der Waals surface area contributed by atoms with E-state index >= 15 is 0 Å². The highest BCUT2D eigenvalue weighted by molar-refractivity contribution is 5.98. The van der Waals surface area contributed by atoms with Crippen LogP contribution in [-0.2, 0) is 4.79 Å². The average molecular weight is 284 g/mol. The fourth-order valence-corrected chi connectivity index (χ4v) is 2.50. The van der Waals surface area contributed by atoms with Gasteiger partial charge in [-0.3, -0.25) is 0 Å². The maximum Gasteiger partial charge on any atom is 0.134 e. The molecule has 0 saturated carbocycles. The van der Waals surface area contributed by atoms with E-state index in [1.807, 2.05) is 50.3 Å². The van der Waals surface area contributed by atoms with Crippen LogP contribution < -0.4 is 9.47 Å². The van der Waals surface area contributed by atoms with Gasteiger partial charge in [0.15, 0.2) is 0 Å². The van der Waals surface area contributed by atoms with Crippen LogP contribution in [0.5, 0.6) is 11.5 Å². The molecule has 0 saturated heterocycles. The number of benzene rings is 2. The van der Waals surface area contributed by atoms with Gasteiger partial charge in [-0.25, -0.2) is 0 Å². The van der Waals surface area contributed by atoms with E-state index in [0.717, 1.165) is 39.7 Å². The maximum absolute atomic E-state index is 10.8. The van der Waals surface area contributed by atoms with E-state index in [1.165, 1.54) is 0 Å². The number of methoxy groups -OCH3 is 2. The fourth-order valence-electron chi connectivity index (χ4n) is 2.50. The zero-order valence-electron chi connectivity index (χ0n) is 12.8. The van der Waals surface area contributed by atoms with Crippen LogP contribution in [0.25, 0.3) is 16.8 Å². The Bertz CT molecular complexity index is 686. The molecule has 0 bridgehead atoms. The summed E-state index contributed by atoms with van der Waals surface area (Å²) in [7, 11) is 3.33. The van der Waals surface area contributed by atoms with Crippen LogP contribution >= 0.6 is 0 Å². The lowest BCUT2D eigenvalue weighted by atomic mass is 9.97. The summed E-state index contributed by atoms with van der Waals surface area (Å²) in [4.78, 5) is 10.8. The first kappa shape index (κ1) is 15.1. The van der Waals surface area contributed by atoms with E-state index < -0.39 is 0 Å². The van der Waals surface area contributed by atoms with Gasteiger partial charge in [0.05, 0.1) is 14.2 Å². The minimum Gasteiger partial charge on any atom is -0.496 e. The second-order valence-electron chi connectivity index (χ2n) is 5.01. The summed E-state index contributed by atoms with van der Waals surface area (Å²) in [5.41, 5.74) is 1.95. The summed E-state index contributed by atoms with van der Waals surface area (Å²) in [5, 5.41) is 2.02. The van der Waals surface area contributed by atoms with Crippen molar-refractivity contribution in [3.05, 3.63) is 41.5 Å². The minimum absolute atomic E-state index is 0.133. The van der Waals surface area contributed by atoms with E-state index in [-0.39, 0.29) is 5.92 Å². The number of hydrogen-bond donors (Lipinski definition) is 0. The molecule has 2 aromatic carbocycles. The summed E-state index contributed by atoms with van der Waals surface area (Å²) in [6.45, 7) is 3.85. The molecule has 0 aliphatic carbocycles. The molecule has 21 heavy (non-hydrogen) atoms. The largest absolute Gasteiger partial charge is 0.496 e. The maximum atomic E-state index is 10.8. The first-order valence-corrected chi connectivity index (χ1v) is 6.90. The SMILES string of the molecule is COc1c(C)c(/C=C/C(C)C=O)c(OC)c2ccccc12. The molecule has 1 atom stereocenters. The highest BCUT2D eigenvalue weighted by atomic mass is 16.5. The molecule has 3 heteroatoms. The average Bonchev–Trinajstić information content (AvgIpc) is 2.52. The summed E-state index contributed by atoms with van der Waals surface area (Å²) in [6.07, 6.45) is 4.71. The van der Waals surface area contributed by atoms with Crippen molar-refractivity contribution in [2.45, 2.75) is 13.8 Å². The number of rotatable bonds is 5. The Labute approximate surface area is 125 Å². The quantitative estimate of drug-likeness (QED) is 0.778. The lowest BCUT2D eigenvalue weighted by molar-refractivity contribution is -0.109. The Hall–Kier alpha value is -2.29. The molecule has 0 spiro atoms. The van der Waals surface area contributed by atoms with Crippen molar-refractivity contribution in [3.8, 4) is 11.5 Å². The minimum atomic E-state index is -0.133. The van der Waals surface area contributed by atoms with Crippen LogP contribution in [0, 0.1) is 12.8 Å². The molecule has 1 unspecified atom stereocenters. The first-order chi connectivity index (χ1) is 10.1. The van der Waals surface area contributed by atoms with E-state index in [2.05, 4.69) is 0 Å². The second-order valence-corrected chi connectivity index (χ2v) is 5.01. The lowest BCUT2D eigenvalue weighted by Gasteiger charge is -2.17. The van der Waals surface area contributed by atoms with Crippen LogP contribution in [0.3, 0.4) is 0 Å². The van der Waals surface area contributed by atoms with Crippen LogP contribution in [0.1, 0.15) is 18.1 Å². The van der Waals surface area contributed by atoms with E-state index in [4.69, 9.17) is 9.47 Å². The first-order valence-electron chi connectivity index (χ1n) is 6.90. The number of fused-ring (bicyclic) bond motifs is 1. The van der Waals surface area contributed by atoms with Crippen molar-refractivity contribution in [3.63, 3.8) is 0 Å². The van der Waals surface area contributed by atoms with Gasteiger partial charge < -0.3 is 14.3 Å². The van der Waals surface area contributed by atoms with Gasteiger partial charge in [0.2, 0.25) is 0 Å². The number of carbonyl (C=O) groups excluding carboxylic acids is 1. The van der Waals surface area contributed by atoms with Crippen molar-refractivity contribution >= 4 is 23.1 Å². The van der Waals surface area contributed by atoms with Gasteiger partial charge in [-0.15, -0.1) is 0 Å². The molecule has 0 aliphatic rings. The summed E-state index contributed by atoms with van der Waals surface area (Å²) in [5.74, 6) is 1.51. The Morgan fingerprint density at radius 2 is 1.62 bits per heavy atom. The van der Waals surface area contributed by atoms with Crippen molar-refractivity contribution in [1.82, 2.24) is 0 Å². The molecule has 0 aromatic heterocycles. The van der Waals surface area contributed by atoms with Crippen molar-refractivity contribution in [1.29, 1.82) is 0 Å². The number of ether oxygens (including phenoxy) is 2. The Kier molecular flexibility index (Phi) is 4.63. The number of carbonyl (C=O) groups is 1. The molecule has 0 N–H and O–H groups in total. The van der Waals surface area contributed by atoms with E-state index in [0.29, 0.717) is 0 Å². The van der Waals surface area contributed by atoms with Gasteiger partial charge in [0.1, 0.15) is 17.8 Å². The third-order valence-electron chi connectivity index (χ3n) is 3.59. The summed E-state index contributed by atoms with van der Waals surface area (Å²) < 4.78 is 11.2. The standard InChI is InChI=1S/C18H20O3/c1-12(11-19)9-10-14-13(2)17(20-3)15-7-5-6-8-16(15)18(14)21-4/h5-12H,1-4H3/b10-9+. The molecule has 2 aromatic rings. The lowest BCUT2D eigenvalue weighted by Crippen LogP contribution is -1.98. The number of allylic oxidation sites excluding steroid dienone is 1. The van der Waals surface area contributed by atoms with E-state index in [1.54, 1.807) is 14.2 Å². The number of hydrogen-bond acceptors (Lipinski definition) is 3. The van der Waals surface area contributed by atoms with Gasteiger partial charge >= 0.3 is 0 Å². The van der Waals surface area contributed by atoms with Gasteiger partial charge in [0, 0.05) is 27.8 Å². The molecular weight excluding hydrogens is 264 g/mol. The van der Waals surface area contributed by atoms with Crippen LogP contribution in [0.2, 0.25) is 0 Å². The Morgan fingerprint density at radius 3 is 2.14 bits per heavy atom. The number of aldehydes is 1. The highest BCUT2D eigenvalue weighted by Gasteiger charge is 2.16. The van der Waals surface area contributed by atoms with Crippen molar-refractivity contribution < 1.29 is 14.3 Å². The van der Waals surface area contributed by atoms with Crippen molar-refractivity contribution in [2.24, 2.45) is 5.92 Å². The van der Waals surface area contributed by atoms with Gasteiger partial charge in [-0.1, -0.05) is 43.3 Å². The van der Waals surface area contributed by atoms with Gasteiger partial charge in [-0.05, 0) is 6.92 Å². The normalized spacial score (nSPS) is 12.6. The van der Waals surface area contributed by atoms with Crippen molar-refractivity contribution in [2.75, 3.05) is 14.2 Å². The molecular formula is C18H20O3. The van der Waals surface area contributed by atoms with E-state index in [9.17, 15) is 4.79 Å². The molecule has 0 fully saturated rings. The molecule has 0 radical (unpaired) electrons. The van der Waals surface area contributed by atoms with Gasteiger partial charge in [0.25, 0.3) is 0 Å². The van der Waals surface area contributed by atoms with Crippen LogP contribution in [0.15, 0.2) is 30.3 Å².